The topological polar surface area (TPSA) is 23.5 Å². The minimum atomic E-state index is -0.774. The van der Waals surface area contributed by atoms with Crippen LogP contribution in [0.5, 0.6) is 0 Å². The predicted molar refractivity (Wildman–Crippen MR) is 85.0 cm³/mol. The quantitative estimate of drug-likeness (QED) is 0.865. The zero-order valence-electron chi connectivity index (χ0n) is 12.6. The number of hydrogen-bond acceptors (Lipinski definition) is 2. The molecule has 0 aliphatic carbocycles. The highest BCUT2D eigenvalue weighted by Crippen LogP contribution is 2.23. The lowest BCUT2D eigenvalue weighted by Gasteiger charge is -2.26. The van der Waals surface area contributed by atoms with Gasteiger partial charge in [0.05, 0.1) is 6.10 Å². The van der Waals surface area contributed by atoms with Crippen molar-refractivity contribution in [3.05, 3.63) is 65.5 Å². The minimum Gasteiger partial charge on any atom is -0.388 e. The number of aryl methyl sites for hydroxylation is 1. The highest BCUT2D eigenvalue weighted by Gasteiger charge is 2.14. The van der Waals surface area contributed by atoms with Crippen LogP contribution in [-0.4, -0.2) is 18.2 Å². The normalized spacial score (nSPS) is 12.2. The summed E-state index contributed by atoms with van der Waals surface area (Å²) in [5.74, 6) is -0.344. The molecule has 3 heteroatoms. The van der Waals surface area contributed by atoms with Gasteiger partial charge in [-0.3, -0.25) is 0 Å². The van der Waals surface area contributed by atoms with Crippen LogP contribution in [0, 0.1) is 12.7 Å². The van der Waals surface area contributed by atoms with Crippen molar-refractivity contribution in [1.29, 1.82) is 0 Å². The van der Waals surface area contributed by atoms with Crippen LogP contribution in [0.1, 0.15) is 30.6 Å². The van der Waals surface area contributed by atoms with Gasteiger partial charge in [0.1, 0.15) is 5.82 Å². The van der Waals surface area contributed by atoms with Gasteiger partial charge in [-0.25, -0.2) is 4.39 Å². The van der Waals surface area contributed by atoms with E-state index in [0.29, 0.717) is 18.5 Å². The summed E-state index contributed by atoms with van der Waals surface area (Å²) in [6, 6.07) is 14.6. The fourth-order valence-corrected chi connectivity index (χ4v) is 2.55. The van der Waals surface area contributed by atoms with Crippen LogP contribution < -0.4 is 4.90 Å². The van der Waals surface area contributed by atoms with Crippen molar-refractivity contribution >= 4 is 5.69 Å². The number of aliphatic hydroxyl groups excluding tert-OH is 1. The maximum absolute atomic E-state index is 13.7. The summed E-state index contributed by atoms with van der Waals surface area (Å²) in [7, 11) is 0. The SMILES string of the molecule is CCN(CCC(O)c1ccccc1F)c1ccccc1C. The van der Waals surface area contributed by atoms with Crippen molar-refractivity contribution in [1.82, 2.24) is 0 Å². The summed E-state index contributed by atoms with van der Waals surface area (Å²) in [6.07, 6.45) is -0.271. The first-order chi connectivity index (χ1) is 10.1. The molecule has 1 unspecified atom stereocenters. The van der Waals surface area contributed by atoms with Crippen molar-refractivity contribution < 1.29 is 9.50 Å². The fourth-order valence-electron chi connectivity index (χ4n) is 2.55. The Bertz CT molecular complexity index is 585. The summed E-state index contributed by atoms with van der Waals surface area (Å²) >= 11 is 0. The number of benzene rings is 2. The van der Waals surface area contributed by atoms with Gasteiger partial charge in [0.15, 0.2) is 0 Å². The van der Waals surface area contributed by atoms with Gasteiger partial charge < -0.3 is 10.0 Å². The van der Waals surface area contributed by atoms with E-state index in [2.05, 4.69) is 30.9 Å². The second-order valence-corrected chi connectivity index (χ2v) is 5.19. The van der Waals surface area contributed by atoms with Crippen molar-refractivity contribution in [2.75, 3.05) is 18.0 Å². The first-order valence-electron chi connectivity index (χ1n) is 7.36. The molecule has 112 valence electrons. The van der Waals surface area contributed by atoms with Gasteiger partial charge in [-0.1, -0.05) is 36.4 Å². The first kappa shape index (κ1) is 15.5. The van der Waals surface area contributed by atoms with Crippen LogP contribution in [0.4, 0.5) is 10.1 Å². The van der Waals surface area contributed by atoms with Crippen LogP contribution in [0.2, 0.25) is 0 Å². The highest BCUT2D eigenvalue weighted by atomic mass is 19.1. The molecule has 21 heavy (non-hydrogen) atoms. The molecule has 0 heterocycles. The van der Waals surface area contributed by atoms with Gasteiger partial charge in [0.2, 0.25) is 0 Å². The maximum atomic E-state index is 13.7. The summed E-state index contributed by atoms with van der Waals surface area (Å²) in [5.41, 5.74) is 2.75. The lowest BCUT2D eigenvalue weighted by atomic mass is 10.1. The molecule has 1 atom stereocenters. The van der Waals surface area contributed by atoms with E-state index in [9.17, 15) is 9.50 Å². The molecule has 0 saturated heterocycles. The maximum Gasteiger partial charge on any atom is 0.128 e. The molecule has 2 nitrogen and oxygen atoms in total. The Hall–Kier alpha value is -1.87. The molecule has 0 amide bonds. The van der Waals surface area contributed by atoms with E-state index in [1.165, 1.54) is 17.3 Å². The molecule has 0 bridgehead atoms. The number of hydrogen-bond donors (Lipinski definition) is 1. The van der Waals surface area contributed by atoms with E-state index in [4.69, 9.17) is 0 Å². The molecule has 1 N–H and O–H groups in total. The summed E-state index contributed by atoms with van der Waals surface area (Å²) in [4.78, 5) is 2.21. The fraction of sp³-hybridized carbons (Fsp3) is 0.333. The Labute approximate surface area is 125 Å². The molecule has 0 radical (unpaired) electrons. The van der Waals surface area contributed by atoms with Gasteiger partial charge in [-0.15, -0.1) is 0 Å². The average molecular weight is 287 g/mol. The third-order valence-corrected chi connectivity index (χ3v) is 3.77. The lowest BCUT2D eigenvalue weighted by Crippen LogP contribution is -2.26. The molecular formula is C18H22FNO. The van der Waals surface area contributed by atoms with E-state index in [1.54, 1.807) is 18.2 Å². The third-order valence-electron chi connectivity index (χ3n) is 3.77. The highest BCUT2D eigenvalue weighted by molar-refractivity contribution is 5.52. The van der Waals surface area contributed by atoms with E-state index < -0.39 is 6.10 Å². The Kier molecular flexibility index (Phi) is 5.34. The van der Waals surface area contributed by atoms with E-state index in [0.717, 1.165) is 6.54 Å². The van der Waals surface area contributed by atoms with Crippen molar-refractivity contribution in [3.8, 4) is 0 Å². The molecular weight excluding hydrogens is 265 g/mol. The summed E-state index contributed by atoms with van der Waals surface area (Å²) in [5, 5.41) is 10.2. The molecule has 2 rings (SSSR count). The van der Waals surface area contributed by atoms with Crippen molar-refractivity contribution in [2.24, 2.45) is 0 Å². The Morgan fingerprint density at radius 3 is 2.43 bits per heavy atom. The van der Waals surface area contributed by atoms with Gasteiger partial charge in [0.25, 0.3) is 0 Å². The zero-order valence-corrected chi connectivity index (χ0v) is 12.6. The van der Waals surface area contributed by atoms with Gasteiger partial charge in [-0.2, -0.15) is 0 Å². The monoisotopic (exact) mass is 287 g/mol. The number of halogens is 1. The molecule has 0 aliphatic rings. The third kappa shape index (κ3) is 3.82. The Morgan fingerprint density at radius 2 is 1.76 bits per heavy atom. The number of nitrogens with zero attached hydrogens (tertiary/aromatic N) is 1. The smallest absolute Gasteiger partial charge is 0.128 e. The van der Waals surface area contributed by atoms with Crippen LogP contribution in [0.15, 0.2) is 48.5 Å². The second kappa shape index (κ2) is 7.23. The Balaban J connectivity index is 2.04. The number of anilines is 1. The van der Waals surface area contributed by atoms with Crippen LogP contribution in [0.25, 0.3) is 0 Å². The second-order valence-electron chi connectivity index (χ2n) is 5.19. The molecule has 0 aliphatic heterocycles. The molecule has 0 fully saturated rings. The van der Waals surface area contributed by atoms with Crippen molar-refractivity contribution in [3.63, 3.8) is 0 Å². The van der Waals surface area contributed by atoms with Crippen LogP contribution in [-0.2, 0) is 0 Å². The predicted octanol–water partition coefficient (Wildman–Crippen LogP) is 4.08. The van der Waals surface area contributed by atoms with E-state index >= 15 is 0 Å². The van der Waals surface area contributed by atoms with Gasteiger partial charge in [0, 0.05) is 24.3 Å². The van der Waals surface area contributed by atoms with Gasteiger partial charge in [-0.05, 0) is 38.0 Å². The molecule has 2 aromatic rings. The lowest BCUT2D eigenvalue weighted by molar-refractivity contribution is 0.165. The minimum absolute atomic E-state index is 0.344. The van der Waals surface area contributed by atoms with Crippen molar-refractivity contribution in [2.45, 2.75) is 26.4 Å². The molecule has 0 aromatic heterocycles. The summed E-state index contributed by atoms with van der Waals surface area (Å²) < 4.78 is 13.7. The first-order valence-corrected chi connectivity index (χ1v) is 7.36. The Morgan fingerprint density at radius 1 is 1.10 bits per heavy atom. The van der Waals surface area contributed by atoms with E-state index in [-0.39, 0.29) is 5.82 Å². The molecule has 2 aromatic carbocycles. The number of aliphatic hydroxyl groups is 1. The average Bonchev–Trinajstić information content (AvgIpc) is 2.49. The van der Waals surface area contributed by atoms with Crippen LogP contribution >= 0.6 is 0 Å². The number of para-hydroxylation sites is 1. The largest absolute Gasteiger partial charge is 0.388 e. The standard InChI is InChI=1S/C18H22FNO/c1-3-20(17-11-7-4-8-14(17)2)13-12-18(21)15-9-5-6-10-16(15)19/h4-11,18,21H,3,12-13H2,1-2H3. The number of rotatable bonds is 6. The van der Waals surface area contributed by atoms with Crippen LogP contribution in [0.3, 0.4) is 0 Å². The molecule has 0 spiro atoms. The zero-order chi connectivity index (χ0) is 15.2. The summed E-state index contributed by atoms with van der Waals surface area (Å²) in [6.45, 7) is 5.71. The molecule has 0 saturated carbocycles. The van der Waals surface area contributed by atoms with E-state index in [1.807, 2.05) is 12.1 Å². The van der Waals surface area contributed by atoms with Gasteiger partial charge >= 0.3 is 0 Å².